The molecule has 4 heteroatoms. The van der Waals surface area contributed by atoms with Crippen molar-refractivity contribution >= 4 is 10.8 Å². The summed E-state index contributed by atoms with van der Waals surface area (Å²) in [5, 5.41) is 0. The van der Waals surface area contributed by atoms with E-state index in [0.29, 0.717) is 17.4 Å². The van der Waals surface area contributed by atoms with Crippen LogP contribution in [0.2, 0.25) is 0 Å². The molecule has 0 radical (unpaired) electrons. The maximum atomic E-state index is 13.0. The first kappa shape index (κ1) is 13.3. The van der Waals surface area contributed by atoms with Crippen molar-refractivity contribution in [2.24, 2.45) is 11.7 Å². The fraction of sp³-hybridized carbons (Fsp3) is 0.500. The van der Waals surface area contributed by atoms with Gasteiger partial charge in [0.05, 0.1) is 0 Å². The van der Waals surface area contributed by atoms with E-state index in [1.165, 1.54) is 12.1 Å². The maximum Gasteiger partial charge on any atom is 0.123 e. The summed E-state index contributed by atoms with van der Waals surface area (Å²) >= 11 is 0. The molecule has 0 bridgehead atoms. The second-order valence-corrected chi connectivity index (χ2v) is 5.76. The first-order valence-electron chi connectivity index (χ1n) is 5.35. The van der Waals surface area contributed by atoms with E-state index in [2.05, 4.69) is 0 Å². The van der Waals surface area contributed by atoms with E-state index in [9.17, 15) is 8.60 Å². The third kappa shape index (κ3) is 4.02. The van der Waals surface area contributed by atoms with Crippen LogP contribution in [0, 0.1) is 11.7 Å². The van der Waals surface area contributed by atoms with Crippen molar-refractivity contribution in [2.45, 2.75) is 26.1 Å². The summed E-state index contributed by atoms with van der Waals surface area (Å²) in [6.45, 7) is 4.35. The minimum atomic E-state index is -0.898. The van der Waals surface area contributed by atoms with Gasteiger partial charge in [0.15, 0.2) is 0 Å². The summed E-state index contributed by atoms with van der Waals surface area (Å²) in [6.07, 6.45) is 0. The summed E-state index contributed by atoms with van der Waals surface area (Å²) in [5.41, 5.74) is 7.17. The molecule has 0 aliphatic heterocycles. The molecule has 0 aliphatic rings. The van der Waals surface area contributed by atoms with Crippen LogP contribution < -0.4 is 5.73 Å². The van der Waals surface area contributed by atoms with Gasteiger partial charge in [-0.3, -0.25) is 4.21 Å². The minimum absolute atomic E-state index is 0.284. The lowest BCUT2D eigenvalue weighted by molar-refractivity contribution is 0.624. The molecule has 1 atom stereocenters. The number of halogens is 1. The number of hydrogen-bond donors (Lipinski definition) is 1. The lowest BCUT2D eigenvalue weighted by Gasteiger charge is -2.09. The van der Waals surface area contributed by atoms with Crippen LogP contribution in [-0.2, 0) is 23.1 Å². The highest BCUT2D eigenvalue weighted by atomic mass is 32.2. The molecule has 0 saturated heterocycles. The van der Waals surface area contributed by atoms with Gasteiger partial charge in [-0.25, -0.2) is 4.39 Å². The standard InChI is InChI=1S/C12H18FNOS/c1-9(2)7-16(15)8-10-3-4-12(13)5-11(10)6-14/h3-5,9H,6-8,14H2,1-2H3. The van der Waals surface area contributed by atoms with Crippen LogP contribution in [0.3, 0.4) is 0 Å². The third-order valence-corrected chi connectivity index (χ3v) is 3.90. The number of rotatable bonds is 5. The Hall–Kier alpha value is -0.740. The normalized spacial score (nSPS) is 13.1. The Bertz CT molecular complexity index is 379. The SMILES string of the molecule is CC(C)CS(=O)Cc1ccc(F)cc1CN. The van der Waals surface area contributed by atoms with Gasteiger partial charge in [-0.15, -0.1) is 0 Å². The summed E-state index contributed by atoms with van der Waals surface area (Å²) in [5.74, 6) is 1.24. The van der Waals surface area contributed by atoms with Crippen molar-refractivity contribution in [3.63, 3.8) is 0 Å². The van der Waals surface area contributed by atoms with Gasteiger partial charge in [-0.1, -0.05) is 19.9 Å². The summed E-state index contributed by atoms with van der Waals surface area (Å²) in [6, 6.07) is 4.48. The smallest absolute Gasteiger partial charge is 0.123 e. The Morgan fingerprint density at radius 1 is 1.38 bits per heavy atom. The molecule has 2 nitrogen and oxygen atoms in total. The Morgan fingerprint density at radius 3 is 2.62 bits per heavy atom. The monoisotopic (exact) mass is 243 g/mol. The fourth-order valence-electron chi connectivity index (χ4n) is 1.53. The second kappa shape index (κ2) is 6.11. The Kier molecular flexibility index (Phi) is 5.09. The quantitative estimate of drug-likeness (QED) is 0.861. The van der Waals surface area contributed by atoms with Crippen molar-refractivity contribution < 1.29 is 8.60 Å². The first-order valence-corrected chi connectivity index (χ1v) is 6.84. The van der Waals surface area contributed by atoms with Crippen LogP contribution in [0.4, 0.5) is 4.39 Å². The number of benzene rings is 1. The average Bonchev–Trinajstić information content (AvgIpc) is 2.19. The van der Waals surface area contributed by atoms with Gasteiger partial charge in [0.25, 0.3) is 0 Å². The zero-order valence-electron chi connectivity index (χ0n) is 9.70. The summed E-state index contributed by atoms with van der Waals surface area (Å²) in [7, 11) is -0.898. The Morgan fingerprint density at radius 2 is 2.06 bits per heavy atom. The molecule has 0 fully saturated rings. The molecule has 1 aromatic rings. The molecular formula is C12H18FNOS. The van der Waals surface area contributed by atoms with Crippen LogP contribution in [0.25, 0.3) is 0 Å². The third-order valence-electron chi connectivity index (χ3n) is 2.22. The Balaban J connectivity index is 2.76. The molecule has 1 rings (SSSR count). The number of hydrogen-bond acceptors (Lipinski definition) is 2. The van der Waals surface area contributed by atoms with Crippen molar-refractivity contribution in [2.75, 3.05) is 5.75 Å². The van der Waals surface area contributed by atoms with E-state index in [0.717, 1.165) is 11.1 Å². The highest BCUT2D eigenvalue weighted by molar-refractivity contribution is 7.84. The van der Waals surface area contributed by atoms with E-state index in [1.807, 2.05) is 13.8 Å². The van der Waals surface area contributed by atoms with Crippen LogP contribution in [-0.4, -0.2) is 9.96 Å². The van der Waals surface area contributed by atoms with Gasteiger partial charge < -0.3 is 5.73 Å². The largest absolute Gasteiger partial charge is 0.326 e. The molecule has 2 N–H and O–H groups in total. The van der Waals surface area contributed by atoms with Crippen molar-refractivity contribution in [3.8, 4) is 0 Å². The zero-order valence-corrected chi connectivity index (χ0v) is 10.5. The van der Waals surface area contributed by atoms with Crippen LogP contribution in [0.15, 0.2) is 18.2 Å². The maximum absolute atomic E-state index is 13.0. The predicted molar refractivity (Wildman–Crippen MR) is 65.8 cm³/mol. The molecule has 16 heavy (non-hydrogen) atoms. The number of nitrogens with two attached hydrogens (primary N) is 1. The average molecular weight is 243 g/mol. The zero-order chi connectivity index (χ0) is 12.1. The van der Waals surface area contributed by atoms with Crippen molar-refractivity contribution in [3.05, 3.63) is 35.1 Å². The van der Waals surface area contributed by atoms with Gasteiger partial charge in [0.2, 0.25) is 0 Å². The molecule has 0 heterocycles. The van der Waals surface area contributed by atoms with Crippen LogP contribution in [0.1, 0.15) is 25.0 Å². The van der Waals surface area contributed by atoms with Gasteiger partial charge in [-0.2, -0.15) is 0 Å². The minimum Gasteiger partial charge on any atom is -0.326 e. The highest BCUT2D eigenvalue weighted by Crippen LogP contribution is 2.14. The molecule has 1 aromatic carbocycles. The topological polar surface area (TPSA) is 43.1 Å². The molecule has 0 amide bonds. The molecule has 0 aromatic heterocycles. The predicted octanol–water partition coefficient (Wildman–Crippen LogP) is 2.19. The Labute approximate surface area is 98.5 Å². The molecule has 0 aliphatic carbocycles. The van der Waals surface area contributed by atoms with Gasteiger partial charge in [0.1, 0.15) is 5.82 Å². The van der Waals surface area contributed by atoms with E-state index in [-0.39, 0.29) is 12.4 Å². The molecule has 0 saturated carbocycles. The first-order chi connectivity index (χ1) is 7.52. The van der Waals surface area contributed by atoms with Crippen LogP contribution >= 0.6 is 0 Å². The van der Waals surface area contributed by atoms with E-state index >= 15 is 0 Å². The second-order valence-electron chi connectivity index (χ2n) is 4.26. The lowest BCUT2D eigenvalue weighted by atomic mass is 10.1. The highest BCUT2D eigenvalue weighted by Gasteiger charge is 2.08. The van der Waals surface area contributed by atoms with Gasteiger partial charge in [0, 0.05) is 28.9 Å². The van der Waals surface area contributed by atoms with Gasteiger partial charge >= 0.3 is 0 Å². The molecular weight excluding hydrogens is 225 g/mol. The fourth-order valence-corrected chi connectivity index (χ4v) is 3.02. The van der Waals surface area contributed by atoms with E-state index in [1.54, 1.807) is 6.07 Å². The molecule has 90 valence electrons. The van der Waals surface area contributed by atoms with Crippen molar-refractivity contribution in [1.29, 1.82) is 0 Å². The van der Waals surface area contributed by atoms with Crippen molar-refractivity contribution in [1.82, 2.24) is 0 Å². The van der Waals surface area contributed by atoms with Gasteiger partial charge in [-0.05, 0) is 29.2 Å². The van der Waals surface area contributed by atoms with Crippen LogP contribution in [0.5, 0.6) is 0 Å². The molecule has 0 spiro atoms. The van der Waals surface area contributed by atoms with E-state index in [4.69, 9.17) is 5.73 Å². The molecule has 1 unspecified atom stereocenters. The lowest BCUT2D eigenvalue weighted by Crippen LogP contribution is -2.09. The summed E-state index contributed by atoms with van der Waals surface area (Å²) in [4.78, 5) is 0. The van der Waals surface area contributed by atoms with E-state index < -0.39 is 10.8 Å². The summed E-state index contributed by atoms with van der Waals surface area (Å²) < 4.78 is 24.7.